The molecule has 0 bridgehead atoms. The normalized spacial score (nSPS) is 12.6. The number of hydrogen-bond donors (Lipinski definition) is 1. The van der Waals surface area contributed by atoms with E-state index in [1.54, 1.807) is 11.3 Å². The van der Waals surface area contributed by atoms with Crippen LogP contribution >= 0.6 is 11.3 Å². The minimum Gasteiger partial charge on any atom is -0.330 e. The zero-order chi connectivity index (χ0) is 11.4. The van der Waals surface area contributed by atoms with Gasteiger partial charge in [-0.1, -0.05) is 24.6 Å². The molecule has 1 unspecified atom stereocenters. The van der Waals surface area contributed by atoms with Crippen LogP contribution < -0.4 is 5.32 Å². The summed E-state index contributed by atoms with van der Waals surface area (Å²) in [6.07, 6.45) is 2.17. The summed E-state index contributed by atoms with van der Waals surface area (Å²) in [6, 6.07) is 4.96. The standard InChI is InChI=1S/C11H15N3OS/c1-3-5-9(10-6-4-7-16-10)13-11-12-8(2)14-15-11/h4,6-7,9H,3,5H2,1-2H3,(H,12,13,14). The van der Waals surface area contributed by atoms with E-state index < -0.39 is 0 Å². The molecule has 2 aromatic rings. The van der Waals surface area contributed by atoms with E-state index in [2.05, 4.69) is 39.9 Å². The van der Waals surface area contributed by atoms with Gasteiger partial charge in [0.05, 0.1) is 6.04 Å². The van der Waals surface area contributed by atoms with Crippen LogP contribution in [0.3, 0.4) is 0 Å². The Hall–Kier alpha value is -1.36. The predicted octanol–water partition coefficient (Wildman–Crippen LogP) is 3.39. The van der Waals surface area contributed by atoms with Crippen molar-refractivity contribution in [3.05, 3.63) is 28.2 Å². The molecule has 2 heterocycles. The Balaban J connectivity index is 2.09. The van der Waals surface area contributed by atoms with Crippen LogP contribution in [0.4, 0.5) is 6.01 Å². The van der Waals surface area contributed by atoms with Gasteiger partial charge in [0.15, 0.2) is 5.82 Å². The molecule has 0 aliphatic carbocycles. The summed E-state index contributed by atoms with van der Waals surface area (Å²) in [5.74, 6) is 0.656. The van der Waals surface area contributed by atoms with Crippen LogP contribution in [0, 0.1) is 6.92 Å². The molecule has 0 aliphatic rings. The molecule has 0 spiro atoms. The second-order valence-electron chi connectivity index (χ2n) is 3.65. The third-order valence-corrected chi connectivity index (χ3v) is 3.28. The molecule has 0 saturated carbocycles. The molecule has 0 saturated heterocycles. The second kappa shape index (κ2) is 5.12. The van der Waals surface area contributed by atoms with Gasteiger partial charge in [0, 0.05) is 4.88 Å². The third-order valence-electron chi connectivity index (χ3n) is 2.29. The van der Waals surface area contributed by atoms with E-state index in [1.165, 1.54) is 4.88 Å². The molecule has 1 atom stereocenters. The largest absolute Gasteiger partial charge is 0.330 e. The highest BCUT2D eigenvalue weighted by Crippen LogP contribution is 2.26. The number of aromatic nitrogens is 2. The van der Waals surface area contributed by atoms with Crippen LogP contribution in [0.2, 0.25) is 0 Å². The van der Waals surface area contributed by atoms with E-state index in [1.807, 2.05) is 6.92 Å². The summed E-state index contributed by atoms with van der Waals surface area (Å²) in [5.41, 5.74) is 0. The first-order valence-corrected chi connectivity index (χ1v) is 6.28. The van der Waals surface area contributed by atoms with Gasteiger partial charge in [-0.3, -0.25) is 0 Å². The molecule has 0 aliphatic heterocycles. The first-order valence-electron chi connectivity index (χ1n) is 5.40. The Labute approximate surface area is 98.7 Å². The molecule has 2 rings (SSSR count). The number of aryl methyl sites for hydroxylation is 1. The molecule has 4 nitrogen and oxygen atoms in total. The van der Waals surface area contributed by atoms with Gasteiger partial charge in [-0.05, 0) is 24.8 Å². The highest BCUT2D eigenvalue weighted by Gasteiger charge is 2.14. The van der Waals surface area contributed by atoms with Crippen LogP contribution in [0.15, 0.2) is 22.0 Å². The lowest BCUT2D eigenvalue weighted by Gasteiger charge is -2.14. The summed E-state index contributed by atoms with van der Waals surface area (Å²) in [5, 5.41) is 9.12. The summed E-state index contributed by atoms with van der Waals surface area (Å²) >= 11 is 1.74. The average molecular weight is 237 g/mol. The Bertz CT molecular complexity index is 424. The molecule has 0 radical (unpaired) electrons. The van der Waals surface area contributed by atoms with Crippen LogP contribution in [0.25, 0.3) is 0 Å². The maximum atomic E-state index is 5.07. The van der Waals surface area contributed by atoms with Gasteiger partial charge in [-0.2, -0.15) is 4.98 Å². The first kappa shape index (κ1) is 11.1. The van der Waals surface area contributed by atoms with Crippen molar-refractivity contribution >= 4 is 17.4 Å². The van der Waals surface area contributed by atoms with E-state index in [0.29, 0.717) is 11.8 Å². The summed E-state index contributed by atoms with van der Waals surface area (Å²) in [4.78, 5) is 5.46. The number of anilines is 1. The molecular formula is C11H15N3OS. The van der Waals surface area contributed by atoms with Crippen molar-refractivity contribution in [1.29, 1.82) is 0 Å². The monoisotopic (exact) mass is 237 g/mol. The molecule has 0 aromatic carbocycles. The maximum Gasteiger partial charge on any atom is 0.321 e. The van der Waals surface area contributed by atoms with Gasteiger partial charge in [-0.15, -0.1) is 11.3 Å². The molecule has 86 valence electrons. The van der Waals surface area contributed by atoms with Gasteiger partial charge in [0.2, 0.25) is 0 Å². The van der Waals surface area contributed by atoms with Crippen molar-refractivity contribution in [1.82, 2.24) is 10.1 Å². The third kappa shape index (κ3) is 2.61. The maximum absolute atomic E-state index is 5.07. The minimum absolute atomic E-state index is 0.268. The van der Waals surface area contributed by atoms with Crippen LogP contribution in [0.5, 0.6) is 0 Å². The predicted molar refractivity (Wildman–Crippen MR) is 64.6 cm³/mol. The summed E-state index contributed by atoms with van der Waals surface area (Å²) in [7, 11) is 0. The van der Waals surface area contributed by atoms with Gasteiger partial charge < -0.3 is 9.84 Å². The molecule has 0 fully saturated rings. The molecular weight excluding hydrogens is 222 g/mol. The smallest absolute Gasteiger partial charge is 0.321 e. The average Bonchev–Trinajstić information content (AvgIpc) is 2.88. The van der Waals surface area contributed by atoms with E-state index in [-0.39, 0.29) is 6.04 Å². The van der Waals surface area contributed by atoms with E-state index >= 15 is 0 Å². The van der Waals surface area contributed by atoms with Crippen molar-refractivity contribution in [2.24, 2.45) is 0 Å². The Morgan fingerprint density at radius 1 is 1.56 bits per heavy atom. The summed E-state index contributed by atoms with van der Waals surface area (Å²) in [6.45, 7) is 3.98. The van der Waals surface area contributed by atoms with Gasteiger partial charge in [0.25, 0.3) is 0 Å². The van der Waals surface area contributed by atoms with Crippen molar-refractivity contribution in [3.8, 4) is 0 Å². The molecule has 0 amide bonds. The highest BCUT2D eigenvalue weighted by molar-refractivity contribution is 7.10. The minimum atomic E-state index is 0.268. The second-order valence-corrected chi connectivity index (χ2v) is 4.63. The van der Waals surface area contributed by atoms with Gasteiger partial charge >= 0.3 is 6.01 Å². The number of thiophene rings is 1. The van der Waals surface area contributed by atoms with Crippen molar-refractivity contribution in [3.63, 3.8) is 0 Å². The fraction of sp³-hybridized carbons (Fsp3) is 0.455. The lowest BCUT2D eigenvalue weighted by molar-refractivity contribution is 0.420. The van der Waals surface area contributed by atoms with E-state index in [0.717, 1.165) is 12.8 Å². The number of rotatable bonds is 5. The van der Waals surface area contributed by atoms with Crippen LogP contribution in [-0.2, 0) is 0 Å². The summed E-state index contributed by atoms with van der Waals surface area (Å²) < 4.78 is 5.07. The molecule has 5 heteroatoms. The van der Waals surface area contributed by atoms with Crippen molar-refractivity contribution in [2.45, 2.75) is 32.7 Å². The van der Waals surface area contributed by atoms with E-state index in [4.69, 9.17) is 4.52 Å². The number of nitrogens with one attached hydrogen (secondary N) is 1. The number of nitrogens with zero attached hydrogens (tertiary/aromatic N) is 2. The lowest BCUT2D eigenvalue weighted by atomic mass is 10.1. The fourth-order valence-electron chi connectivity index (χ4n) is 1.57. The number of hydrogen-bond acceptors (Lipinski definition) is 5. The van der Waals surface area contributed by atoms with Crippen LogP contribution in [-0.4, -0.2) is 10.1 Å². The fourth-order valence-corrected chi connectivity index (χ4v) is 2.38. The van der Waals surface area contributed by atoms with Crippen molar-refractivity contribution < 1.29 is 4.52 Å². The van der Waals surface area contributed by atoms with Crippen LogP contribution in [0.1, 0.15) is 36.5 Å². The Kier molecular flexibility index (Phi) is 3.56. The first-order chi connectivity index (χ1) is 7.79. The Morgan fingerprint density at radius 3 is 3.00 bits per heavy atom. The zero-order valence-corrected chi connectivity index (χ0v) is 10.3. The quantitative estimate of drug-likeness (QED) is 0.866. The zero-order valence-electron chi connectivity index (χ0n) is 9.43. The van der Waals surface area contributed by atoms with Gasteiger partial charge in [0.1, 0.15) is 0 Å². The molecule has 2 aromatic heterocycles. The molecule has 16 heavy (non-hydrogen) atoms. The molecule has 1 N–H and O–H groups in total. The SMILES string of the molecule is CCCC(Nc1nc(C)no1)c1cccs1. The topological polar surface area (TPSA) is 51.0 Å². The Morgan fingerprint density at radius 2 is 2.44 bits per heavy atom. The highest BCUT2D eigenvalue weighted by atomic mass is 32.1. The van der Waals surface area contributed by atoms with E-state index in [9.17, 15) is 0 Å². The van der Waals surface area contributed by atoms with Gasteiger partial charge in [-0.25, -0.2) is 0 Å². The van der Waals surface area contributed by atoms with Crippen molar-refractivity contribution in [2.75, 3.05) is 5.32 Å². The lowest BCUT2D eigenvalue weighted by Crippen LogP contribution is -2.09.